The van der Waals surface area contributed by atoms with Crippen molar-refractivity contribution in [3.05, 3.63) is 75.8 Å². The second-order valence-corrected chi connectivity index (χ2v) is 13.9. The molecule has 11 heteroatoms. The fraction of sp³-hybridized carbons (Fsp3) is 0.351. The van der Waals surface area contributed by atoms with E-state index in [0.717, 1.165) is 77.1 Å². The number of carbonyl (C=O) groups is 1. The molecule has 2 aromatic carbocycles. The van der Waals surface area contributed by atoms with Crippen molar-refractivity contribution in [3.63, 3.8) is 0 Å². The van der Waals surface area contributed by atoms with Gasteiger partial charge in [-0.2, -0.15) is 0 Å². The SMILES string of the molecule is COc1cc(C(=O)N2CC3CCC2[C@@H]3N)cc2nc(-c3cc4ccc(-c5cc(C)c6[nH]c(=O)c(F)cc6c5)nc4n3CC3CC3)n(C)c12. The maximum absolute atomic E-state index is 14.2. The molecule has 0 radical (unpaired) electrons. The molecule has 9 rings (SSSR count). The summed E-state index contributed by atoms with van der Waals surface area (Å²) in [6.45, 7) is 3.40. The van der Waals surface area contributed by atoms with Crippen LogP contribution in [0.4, 0.5) is 4.39 Å². The topological polar surface area (TPSA) is 124 Å². The number of hydrogen-bond acceptors (Lipinski definition) is 6. The zero-order valence-corrected chi connectivity index (χ0v) is 27.1. The van der Waals surface area contributed by atoms with Gasteiger partial charge >= 0.3 is 0 Å². The highest BCUT2D eigenvalue weighted by Crippen LogP contribution is 2.40. The molecule has 3 atom stereocenters. The van der Waals surface area contributed by atoms with Crippen LogP contribution in [0.15, 0.2) is 53.3 Å². The smallest absolute Gasteiger partial charge is 0.284 e. The zero-order valence-electron chi connectivity index (χ0n) is 27.1. The molecule has 2 saturated carbocycles. The molecular weight excluding hydrogens is 609 g/mol. The van der Waals surface area contributed by atoms with E-state index >= 15 is 0 Å². The average Bonchev–Trinajstić information content (AvgIpc) is 3.48. The fourth-order valence-electron chi connectivity index (χ4n) is 8.11. The number of methoxy groups -OCH3 is 1. The number of aromatic nitrogens is 5. The fourth-order valence-corrected chi connectivity index (χ4v) is 8.11. The number of piperidine rings is 1. The molecule has 244 valence electrons. The molecule has 1 aliphatic heterocycles. The van der Waals surface area contributed by atoms with Gasteiger partial charge in [0.2, 0.25) is 0 Å². The Morgan fingerprint density at radius 1 is 1.06 bits per heavy atom. The van der Waals surface area contributed by atoms with Crippen LogP contribution in [-0.2, 0) is 13.6 Å². The molecule has 6 aromatic rings. The number of halogens is 1. The van der Waals surface area contributed by atoms with Crippen LogP contribution in [0.1, 0.15) is 41.6 Å². The average molecular weight is 646 g/mol. The lowest BCUT2D eigenvalue weighted by atomic mass is 10.0. The van der Waals surface area contributed by atoms with E-state index in [-0.39, 0.29) is 18.0 Å². The van der Waals surface area contributed by atoms with E-state index < -0.39 is 11.4 Å². The summed E-state index contributed by atoms with van der Waals surface area (Å²) >= 11 is 0. The summed E-state index contributed by atoms with van der Waals surface area (Å²) in [6.07, 6.45) is 4.36. The van der Waals surface area contributed by atoms with Crippen molar-refractivity contribution >= 4 is 38.9 Å². The molecular formula is C37H36FN7O3. The van der Waals surface area contributed by atoms with Gasteiger partial charge in [-0.3, -0.25) is 9.59 Å². The molecule has 2 bridgehead atoms. The van der Waals surface area contributed by atoms with Crippen molar-refractivity contribution in [3.8, 4) is 28.5 Å². The van der Waals surface area contributed by atoms with E-state index in [1.165, 1.54) is 6.07 Å². The van der Waals surface area contributed by atoms with E-state index in [2.05, 4.69) is 21.7 Å². The predicted molar refractivity (Wildman–Crippen MR) is 182 cm³/mol. The second-order valence-electron chi connectivity index (χ2n) is 13.9. The number of fused-ring (bicyclic) bond motifs is 5. The Bertz CT molecular complexity index is 2390. The van der Waals surface area contributed by atoms with Crippen LogP contribution >= 0.6 is 0 Å². The Hall–Kier alpha value is -5.03. The third kappa shape index (κ3) is 4.40. The summed E-state index contributed by atoms with van der Waals surface area (Å²) in [4.78, 5) is 40.5. The third-order valence-corrected chi connectivity index (χ3v) is 10.8. The highest BCUT2D eigenvalue weighted by atomic mass is 19.1. The number of amides is 1. The van der Waals surface area contributed by atoms with E-state index in [1.807, 2.05) is 53.8 Å². The van der Waals surface area contributed by atoms with Gasteiger partial charge in [0.25, 0.3) is 11.5 Å². The van der Waals surface area contributed by atoms with E-state index in [9.17, 15) is 14.0 Å². The van der Waals surface area contributed by atoms with Crippen molar-refractivity contribution in [1.29, 1.82) is 0 Å². The number of pyridine rings is 2. The maximum Gasteiger partial charge on any atom is 0.284 e. The van der Waals surface area contributed by atoms with E-state index in [1.54, 1.807) is 7.11 Å². The minimum Gasteiger partial charge on any atom is -0.494 e. The van der Waals surface area contributed by atoms with Gasteiger partial charge in [0.1, 0.15) is 16.9 Å². The number of imidazole rings is 1. The molecule has 3 fully saturated rings. The van der Waals surface area contributed by atoms with Gasteiger partial charge in [-0.25, -0.2) is 14.4 Å². The number of nitrogens with zero attached hydrogens (tertiary/aromatic N) is 5. The van der Waals surface area contributed by atoms with Gasteiger partial charge in [0, 0.05) is 54.1 Å². The lowest BCUT2D eigenvalue weighted by Gasteiger charge is -2.27. The van der Waals surface area contributed by atoms with Gasteiger partial charge in [-0.05, 0) is 98.5 Å². The van der Waals surface area contributed by atoms with Gasteiger partial charge in [-0.1, -0.05) is 0 Å². The highest BCUT2D eigenvalue weighted by molar-refractivity contribution is 6.00. The largest absolute Gasteiger partial charge is 0.494 e. The number of nitrogens with two attached hydrogens (primary N) is 1. The predicted octanol–water partition coefficient (Wildman–Crippen LogP) is 5.53. The molecule has 48 heavy (non-hydrogen) atoms. The summed E-state index contributed by atoms with van der Waals surface area (Å²) in [5.41, 5.74) is 12.6. The summed E-state index contributed by atoms with van der Waals surface area (Å²) in [5, 5.41) is 1.60. The van der Waals surface area contributed by atoms with Crippen molar-refractivity contribution in [2.45, 2.75) is 51.2 Å². The first kappa shape index (κ1) is 29.1. The van der Waals surface area contributed by atoms with Crippen molar-refractivity contribution in [2.24, 2.45) is 24.6 Å². The maximum atomic E-state index is 14.2. The summed E-state index contributed by atoms with van der Waals surface area (Å²) in [6, 6.07) is 15.1. The first-order valence-electron chi connectivity index (χ1n) is 16.6. The number of H-pyrrole nitrogens is 1. The van der Waals surface area contributed by atoms with Crippen molar-refractivity contribution in [1.82, 2.24) is 29.0 Å². The number of hydrogen-bond donors (Lipinski definition) is 2. The lowest BCUT2D eigenvalue weighted by Crippen LogP contribution is -2.41. The minimum atomic E-state index is -0.812. The summed E-state index contributed by atoms with van der Waals surface area (Å²) in [7, 11) is 3.60. The molecule has 1 saturated heterocycles. The molecule has 4 aromatic heterocycles. The number of carbonyl (C=O) groups excluding carboxylic acids is 1. The van der Waals surface area contributed by atoms with Crippen molar-refractivity contribution in [2.75, 3.05) is 13.7 Å². The van der Waals surface area contributed by atoms with Crippen LogP contribution in [0.25, 0.3) is 55.7 Å². The Kier molecular flexibility index (Phi) is 6.36. The molecule has 3 N–H and O–H groups in total. The zero-order chi connectivity index (χ0) is 33.0. The van der Waals surface area contributed by atoms with Gasteiger partial charge in [0.05, 0.1) is 29.5 Å². The first-order valence-corrected chi connectivity index (χ1v) is 16.6. The quantitative estimate of drug-likeness (QED) is 0.246. The van der Waals surface area contributed by atoms with Crippen LogP contribution in [0.5, 0.6) is 5.75 Å². The van der Waals surface area contributed by atoms with Crippen LogP contribution < -0.4 is 16.0 Å². The van der Waals surface area contributed by atoms with Gasteiger partial charge in [0.15, 0.2) is 11.6 Å². The Morgan fingerprint density at radius 2 is 1.90 bits per heavy atom. The number of nitrogens with one attached hydrogen (secondary N) is 1. The number of ether oxygens (including phenoxy) is 1. The monoisotopic (exact) mass is 645 g/mol. The molecule has 3 aliphatic rings. The third-order valence-electron chi connectivity index (χ3n) is 10.8. The summed E-state index contributed by atoms with van der Waals surface area (Å²) in [5.74, 6) is 1.45. The Labute approximate surface area is 275 Å². The van der Waals surface area contributed by atoms with Gasteiger partial charge in [-0.15, -0.1) is 0 Å². The van der Waals surface area contributed by atoms with Crippen LogP contribution in [0, 0.1) is 24.6 Å². The van der Waals surface area contributed by atoms with E-state index in [0.29, 0.717) is 46.1 Å². The number of benzene rings is 2. The molecule has 10 nitrogen and oxygen atoms in total. The Morgan fingerprint density at radius 3 is 2.62 bits per heavy atom. The number of rotatable bonds is 6. The number of aryl methyl sites for hydroxylation is 2. The number of aromatic amines is 1. The number of likely N-dealkylation sites (tertiary alicyclic amines) is 1. The molecule has 0 spiro atoms. The van der Waals surface area contributed by atoms with Crippen LogP contribution in [-0.4, -0.2) is 60.6 Å². The standard InChI is InChI=1S/C37H36FN7O3/c1-18-10-22(11-23-12-25(38)36(46)42-32(18)23)26-8-6-20-14-29(44(34(20)40-26)16-19-4-5-19)35-41-27-13-24(15-30(48-3)33(27)43(35)2)37(47)45-17-21-7-9-28(45)31(21)39/h6,8,10-15,19,21,28,31H,4-5,7,9,16-17,39H2,1-3H3,(H,42,46)/t21?,28?,31-/m1/s1. The van der Waals surface area contributed by atoms with E-state index in [4.69, 9.17) is 20.4 Å². The normalized spacial score (nSPS) is 20.5. The summed E-state index contributed by atoms with van der Waals surface area (Å²) < 4.78 is 24.4. The molecule has 1 amide bonds. The second kappa shape index (κ2) is 10.5. The van der Waals surface area contributed by atoms with Gasteiger partial charge < -0.3 is 29.5 Å². The lowest BCUT2D eigenvalue weighted by molar-refractivity contribution is 0.0700. The van der Waals surface area contributed by atoms with Crippen LogP contribution in [0.3, 0.4) is 0 Å². The first-order chi connectivity index (χ1) is 23.2. The molecule has 2 unspecified atom stereocenters. The minimum absolute atomic E-state index is 0.0253. The van der Waals surface area contributed by atoms with Crippen molar-refractivity contribution < 1.29 is 13.9 Å². The molecule has 2 aliphatic carbocycles. The highest BCUT2D eigenvalue weighted by Gasteiger charge is 2.47. The van der Waals surface area contributed by atoms with Crippen LogP contribution in [0.2, 0.25) is 0 Å². The molecule has 5 heterocycles. The Balaban J connectivity index is 1.16.